The minimum Gasteiger partial charge on any atom is -0.497 e. The molecule has 0 saturated heterocycles. The van der Waals surface area contributed by atoms with Crippen molar-refractivity contribution in [1.82, 2.24) is 14.1 Å². The first kappa shape index (κ1) is 20.2. The Morgan fingerprint density at radius 1 is 1.14 bits per heavy atom. The van der Waals surface area contributed by atoms with Gasteiger partial charge in [0.15, 0.2) is 0 Å². The number of hydrogen-bond acceptors (Lipinski definition) is 5. The van der Waals surface area contributed by atoms with Crippen molar-refractivity contribution in [3.8, 4) is 11.5 Å². The minimum absolute atomic E-state index is 0.00846. The van der Waals surface area contributed by atoms with Gasteiger partial charge in [0.1, 0.15) is 16.4 Å². The van der Waals surface area contributed by atoms with E-state index in [0.717, 1.165) is 50.6 Å². The molecule has 1 saturated carbocycles. The van der Waals surface area contributed by atoms with Crippen LogP contribution in [0.4, 0.5) is 0 Å². The molecule has 0 bridgehead atoms. The molecule has 1 aromatic carbocycles. The second-order valence-corrected chi connectivity index (χ2v) is 9.71. The number of ether oxygens (including phenoxy) is 2. The van der Waals surface area contributed by atoms with Gasteiger partial charge in [0, 0.05) is 24.8 Å². The third-order valence-electron chi connectivity index (χ3n) is 6.19. The number of benzene rings is 1. The average Bonchev–Trinajstić information content (AvgIpc) is 3.46. The number of rotatable bonds is 7. The Kier molecular flexibility index (Phi) is 5.57. The summed E-state index contributed by atoms with van der Waals surface area (Å²) in [5.74, 6) is 0.870. The van der Waals surface area contributed by atoms with Crippen molar-refractivity contribution in [2.75, 3.05) is 14.2 Å². The maximum Gasteiger partial charge on any atom is 0.247 e. The van der Waals surface area contributed by atoms with Crippen LogP contribution >= 0.6 is 0 Å². The van der Waals surface area contributed by atoms with Gasteiger partial charge in [-0.2, -0.15) is 9.40 Å². The van der Waals surface area contributed by atoms with Crippen molar-refractivity contribution in [2.24, 2.45) is 7.05 Å². The van der Waals surface area contributed by atoms with Crippen LogP contribution in [-0.4, -0.2) is 42.8 Å². The van der Waals surface area contributed by atoms with E-state index in [1.807, 2.05) is 11.7 Å². The lowest BCUT2D eigenvalue weighted by atomic mass is 10.2. The van der Waals surface area contributed by atoms with Gasteiger partial charge in [-0.15, -0.1) is 0 Å². The Labute approximate surface area is 172 Å². The molecule has 0 N–H and O–H groups in total. The molecule has 0 unspecified atom stereocenters. The van der Waals surface area contributed by atoms with Crippen LogP contribution in [0.3, 0.4) is 0 Å². The number of aryl methyl sites for hydroxylation is 1. The summed E-state index contributed by atoms with van der Waals surface area (Å²) < 4.78 is 41.8. The molecule has 2 aromatic rings. The number of hydrogen-bond donors (Lipinski definition) is 0. The fraction of sp³-hybridized carbons (Fsp3) is 0.571. The van der Waals surface area contributed by atoms with Gasteiger partial charge in [0.2, 0.25) is 10.0 Å². The number of fused-ring (bicyclic) bond motifs is 1. The molecule has 1 heterocycles. The Bertz CT molecular complexity index is 994. The summed E-state index contributed by atoms with van der Waals surface area (Å²) in [6.07, 6.45) is 6.97. The summed E-state index contributed by atoms with van der Waals surface area (Å²) in [6.45, 7) is 0.311. The molecule has 0 amide bonds. The fourth-order valence-corrected chi connectivity index (χ4v) is 6.47. The maximum atomic E-state index is 13.8. The van der Waals surface area contributed by atoms with E-state index in [1.54, 1.807) is 29.6 Å². The van der Waals surface area contributed by atoms with E-state index in [2.05, 4.69) is 5.10 Å². The van der Waals surface area contributed by atoms with E-state index in [9.17, 15) is 8.42 Å². The lowest BCUT2D eigenvalue weighted by Gasteiger charge is -2.28. The van der Waals surface area contributed by atoms with E-state index in [1.165, 1.54) is 18.4 Å². The topological polar surface area (TPSA) is 73.7 Å². The SMILES string of the molecule is COc1ccc(S(=O)(=O)N(Cc2nn(C)c3c2CCC3)C2CCCC2)c(OC)c1. The standard InChI is InChI=1S/C21H29N3O4S/c1-23-19-10-6-9-17(19)18(22-23)14-24(15-7-4-5-8-15)29(25,26)21-12-11-16(27-2)13-20(21)28-3/h11-13,15H,4-10,14H2,1-3H3. The van der Waals surface area contributed by atoms with Crippen LogP contribution in [0.25, 0.3) is 0 Å². The molecule has 29 heavy (non-hydrogen) atoms. The molecule has 0 aliphatic heterocycles. The van der Waals surface area contributed by atoms with Crippen molar-refractivity contribution < 1.29 is 17.9 Å². The lowest BCUT2D eigenvalue weighted by molar-refractivity contribution is 0.309. The zero-order valence-corrected chi connectivity index (χ0v) is 18.2. The van der Waals surface area contributed by atoms with Crippen LogP contribution in [0.15, 0.2) is 23.1 Å². The van der Waals surface area contributed by atoms with Gasteiger partial charge in [0.25, 0.3) is 0 Å². The lowest BCUT2D eigenvalue weighted by Crippen LogP contribution is -2.38. The molecule has 8 heteroatoms. The van der Waals surface area contributed by atoms with Gasteiger partial charge in [-0.3, -0.25) is 4.68 Å². The zero-order chi connectivity index (χ0) is 20.6. The summed E-state index contributed by atoms with van der Waals surface area (Å²) in [5.41, 5.74) is 3.36. The third-order valence-corrected chi connectivity index (χ3v) is 8.13. The summed E-state index contributed by atoms with van der Waals surface area (Å²) in [7, 11) is 1.23. The molecule has 1 aromatic heterocycles. The fourth-order valence-electron chi connectivity index (χ4n) is 4.69. The highest BCUT2D eigenvalue weighted by Crippen LogP contribution is 2.36. The van der Waals surface area contributed by atoms with Gasteiger partial charge >= 0.3 is 0 Å². The molecule has 0 spiro atoms. The first-order chi connectivity index (χ1) is 14.0. The molecule has 4 rings (SSSR count). The Hall–Kier alpha value is -2.06. The van der Waals surface area contributed by atoms with Crippen LogP contribution in [0, 0.1) is 0 Å². The largest absolute Gasteiger partial charge is 0.497 e. The molecule has 2 aliphatic rings. The average molecular weight is 420 g/mol. The van der Waals surface area contributed by atoms with Gasteiger partial charge in [-0.25, -0.2) is 8.42 Å². The summed E-state index contributed by atoms with van der Waals surface area (Å²) in [6, 6.07) is 4.86. The maximum absolute atomic E-state index is 13.8. The predicted octanol–water partition coefficient (Wildman–Crippen LogP) is 3.06. The van der Waals surface area contributed by atoms with E-state index in [4.69, 9.17) is 9.47 Å². The van der Waals surface area contributed by atoms with Gasteiger partial charge in [-0.05, 0) is 49.8 Å². The highest BCUT2D eigenvalue weighted by molar-refractivity contribution is 7.89. The Morgan fingerprint density at radius 3 is 2.59 bits per heavy atom. The minimum atomic E-state index is -3.76. The molecule has 158 valence electrons. The van der Waals surface area contributed by atoms with Crippen LogP contribution in [0.1, 0.15) is 49.1 Å². The quantitative estimate of drug-likeness (QED) is 0.690. The number of aromatic nitrogens is 2. The monoisotopic (exact) mass is 419 g/mol. The predicted molar refractivity (Wildman–Crippen MR) is 110 cm³/mol. The van der Waals surface area contributed by atoms with E-state index >= 15 is 0 Å². The number of methoxy groups -OCH3 is 2. The van der Waals surface area contributed by atoms with E-state index < -0.39 is 10.0 Å². The summed E-state index contributed by atoms with van der Waals surface area (Å²) >= 11 is 0. The van der Waals surface area contributed by atoms with E-state index in [0.29, 0.717) is 18.0 Å². The second-order valence-electron chi connectivity index (χ2n) is 7.85. The van der Waals surface area contributed by atoms with Crippen LogP contribution in [0.2, 0.25) is 0 Å². The summed E-state index contributed by atoms with van der Waals surface area (Å²) in [5, 5.41) is 4.68. The molecule has 1 fully saturated rings. The number of nitrogens with zero attached hydrogens (tertiary/aromatic N) is 3. The van der Waals surface area contributed by atoms with Crippen LogP contribution in [0.5, 0.6) is 11.5 Å². The van der Waals surface area contributed by atoms with Gasteiger partial charge in [-0.1, -0.05) is 12.8 Å². The third kappa shape index (κ3) is 3.64. The van der Waals surface area contributed by atoms with Crippen molar-refractivity contribution >= 4 is 10.0 Å². The first-order valence-electron chi connectivity index (χ1n) is 10.2. The normalized spacial score (nSPS) is 17.1. The van der Waals surface area contributed by atoms with Crippen LogP contribution < -0.4 is 9.47 Å². The van der Waals surface area contributed by atoms with Crippen molar-refractivity contribution in [3.05, 3.63) is 35.2 Å². The zero-order valence-electron chi connectivity index (χ0n) is 17.3. The molecular weight excluding hydrogens is 390 g/mol. The van der Waals surface area contributed by atoms with Crippen LogP contribution in [-0.2, 0) is 36.5 Å². The Balaban J connectivity index is 1.75. The van der Waals surface area contributed by atoms with Gasteiger partial charge in [0.05, 0.1) is 26.5 Å². The second kappa shape index (κ2) is 7.99. The highest BCUT2D eigenvalue weighted by atomic mass is 32.2. The van der Waals surface area contributed by atoms with Gasteiger partial charge < -0.3 is 9.47 Å². The molecule has 0 atom stereocenters. The molecular formula is C21H29N3O4S. The molecule has 2 aliphatic carbocycles. The first-order valence-corrected chi connectivity index (χ1v) is 11.7. The molecule has 0 radical (unpaired) electrons. The summed E-state index contributed by atoms with van der Waals surface area (Å²) in [4.78, 5) is 0.181. The smallest absolute Gasteiger partial charge is 0.247 e. The Morgan fingerprint density at radius 2 is 1.90 bits per heavy atom. The van der Waals surface area contributed by atoms with Crippen molar-refractivity contribution in [1.29, 1.82) is 0 Å². The van der Waals surface area contributed by atoms with Crippen molar-refractivity contribution in [3.63, 3.8) is 0 Å². The van der Waals surface area contributed by atoms with Crippen molar-refractivity contribution in [2.45, 2.75) is 62.4 Å². The van der Waals surface area contributed by atoms with E-state index in [-0.39, 0.29) is 10.9 Å². The number of sulfonamides is 1. The highest BCUT2D eigenvalue weighted by Gasteiger charge is 2.37. The molecule has 7 nitrogen and oxygen atoms in total.